The predicted octanol–water partition coefficient (Wildman–Crippen LogP) is 0.915. The van der Waals surface area contributed by atoms with Gasteiger partial charge in [0.2, 0.25) is 0 Å². The van der Waals surface area contributed by atoms with Crippen molar-refractivity contribution in [1.29, 1.82) is 0 Å². The molecule has 0 spiro atoms. The largest absolute Gasteiger partial charge is 0.508 e. The van der Waals surface area contributed by atoms with Crippen LogP contribution in [0.3, 0.4) is 0 Å². The fourth-order valence-electron chi connectivity index (χ4n) is 1.36. The average Bonchev–Trinajstić information content (AvgIpc) is 2.50. The fourth-order valence-corrected chi connectivity index (χ4v) is 1.36. The number of likely N-dealkylation sites (N-methyl/N-ethyl adjacent to an activating group) is 1. The van der Waals surface area contributed by atoms with Crippen LogP contribution in [0.15, 0.2) is 30.0 Å². The summed E-state index contributed by atoms with van der Waals surface area (Å²) in [6.07, 6.45) is 1.56. The maximum atomic E-state index is 11.5. The van der Waals surface area contributed by atoms with Gasteiger partial charge < -0.3 is 10.4 Å². The second-order valence-electron chi connectivity index (χ2n) is 3.44. The zero-order valence-electron chi connectivity index (χ0n) is 8.60. The van der Waals surface area contributed by atoms with Crippen LogP contribution in [0, 0.1) is 0 Å². The molecule has 82 valence electrons. The molecule has 1 aliphatic heterocycles. The summed E-state index contributed by atoms with van der Waals surface area (Å²) in [7, 11) is 1.41. The van der Waals surface area contributed by atoms with Crippen LogP contribution >= 0.6 is 0 Å². The van der Waals surface area contributed by atoms with E-state index in [-0.39, 0.29) is 17.4 Å². The Morgan fingerprint density at radius 2 is 1.88 bits per heavy atom. The summed E-state index contributed by atoms with van der Waals surface area (Å²) in [5, 5.41) is 11.5. The minimum absolute atomic E-state index is 0.154. The van der Waals surface area contributed by atoms with Crippen molar-refractivity contribution in [1.82, 2.24) is 10.2 Å². The second-order valence-corrected chi connectivity index (χ2v) is 3.44. The number of hydrogen-bond acceptors (Lipinski definition) is 3. The van der Waals surface area contributed by atoms with Crippen molar-refractivity contribution in [2.24, 2.45) is 0 Å². The Balaban J connectivity index is 2.29. The van der Waals surface area contributed by atoms with Crippen LogP contribution in [0.4, 0.5) is 4.79 Å². The number of carbonyl (C=O) groups excluding carboxylic acids is 2. The highest BCUT2D eigenvalue weighted by molar-refractivity contribution is 6.13. The van der Waals surface area contributed by atoms with E-state index in [4.69, 9.17) is 5.11 Å². The molecule has 0 bridgehead atoms. The van der Waals surface area contributed by atoms with Crippen molar-refractivity contribution in [3.05, 3.63) is 35.5 Å². The number of benzene rings is 1. The highest BCUT2D eigenvalue weighted by atomic mass is 16.3. The lowest BCUT2D eigenvalue weighted by atomic mass is 10.2. The lowest BCUT2D eigenvalue weighted by Crippen LogP contribution is -2.25. The number of phenolic OH excluding ortho intramolecular Hbond substituents is 1. The molecule has 5 nitrogen and oxygen atoms in total. The van der Waals surface area contributed by atoms with Crippen LogP contribution < -0.4 is 5.32 Å². The van der Waals surface area contributed by atoms with Crippen molar-refractivity contribution in [3.8, 4) is 5.75 Å². The van der Waals surface area contributed by atoms with Gasteiger partial charge in [0.05, 0.1) is 0 Å². The minimum Gasteiger partial charge on any atom is -0.508 e. The summed E-state index contributed by atoms with van der Waals surface area (Å²) < 4.78 is 0. The number of nitrogens with zero attached hydrogens (tertiary/aromatic N) is 1. The molecule has 0 saturated carbocycles. The van der Waals surface area contributed by atoms with Crippen LogP contribution in [0.1, 0.15) is 5.56 Å². The van der Waals surface area contributed by atoms with Crippen LogP contribution in [0.5, 0.6) is 5.75 Å². The number of amides is 3. The lowest BCUT2D eigenvalue weighted by Gasteiger charge is -1.99. The van der Waals surface area contributed by atoms with Crippen molar-refractivity contribution >= 4 is 18.0 Å². The van der Waals surface area contributed by atoms with Crippen LogP contribution in [0.2, 0.25) is 0 Å². The Hall–Kier alpha value is -2.30. The molecule has 0 radical (unpaired) electrons. The van der Waals surface area contributed by atoms with Gasteiger partial charge in [0.1, 0.15) is 11.4 Å². The molecule has 2 N–H and O–H groups in total. The third kappa shape index (κ3) is 1.75. The topological polar surface area (TPSA) is 69.6 Å². The molecule has 1 fully saturated rings. The molecule has 1 aliphatic rings. The van der Waals surface area contributed by atoms with Gasteiger partial charge in [-0.15, -0.1) is 0 Å². The molecule has 1 aromatic carbocycles. The fraction of sp³-hybridized carbons (Fsp3) is 0.0909. The Labute approximate surface area is 92.0 Å². The van der Waals surface area contributed by atoms with Gasteiger partial charge in [-0.1, -0.05) is 12.1 Å². The number of nitrogens with one attached hydrogen (secondary N) is 1. The van der Waals surface area contributed by atoms with Gasteiger partial charge in [-0.2, -0.15) is 0 Å². The quantitative estimate of drug-likeness (QED) is 0.544. The SMILES string of the molecule is CN1C(=O)N/C(=C\c2ccc(O)cc2)C1=O. The molecule has 0 aromatic heterocycles. The number of carbonyl (C=O) groups is 2. The first-order valence-corrected chi connectivity index (χ1v) is 4.67. The molecule has 0 aliphatic carbocycles. The molecule has 2 rings (SSSR count). The van der Waals surface area contributed by atoms with E-state index in [0.717, 1.165) is 10.5 Å². The average molecular weight is 218 g/mol. The summed E-state index contributed by atoms with van der Waals surface area (Å²) in [4.78, 5) is 23.7. The Morgan fingerprint density at radius 1 is 1.25 bits per heavy atom. The van der Waals surface area contributed by atoms with Crippen molar-refractivity contribution in [2.75, 3.05) is 7.05 Å². The predicted molar refractivity (Wildman–Crippen MR) is 57.4 cm³/mol. The van der Waals surface area contributed by atoms with E-state index < -0.39 is 6.03 Å². The number of aromatic hydroxyl groups is 1. The highest BCUT2D eigenvalue weighted by Crippen LogP contribution is 2.15. The molecule has 0 atom stereocenters. The number of phenols is 1. The van der Waals surface area contributed by atoms with Gasteiger partial charge in [0, 0.05) is 7.05 Å². The number of hydrogen-bond donors (Lipinski definition) is 2. The summed E-state index contributed by atoms with van der Waals surface area (Å²) >= 11 is 0. The van der Waals surface area contributed by atoms with Crippen LogP contribution in [-0.4, -0.2) is 29.0 Å². The van der Waals surface area contributed by atoms with E-state index in [2.05, 4.69) is 5.32 Å². The molecule has 16 heavy (non-hydrogen) atoms. The first kappa shape index (κ1) is 10.2. The minimum atomic E-state index is -0.435. The molecule has 3 amide bonds. The Kier molecular flexibility index (Phi) is 2.36. The van der Waals surface area contributed by atoms with Crippen molar-refractivity contribution in [2.45, 2.75) is 0 Å². The van der Waals surface area contributed by atoms with Crippen LogP contribution in [0.25, 0.3) is 6.08 Å². The van der Waals surface area contributed by atoms with Crippen molar-refractivity contribution < 1.29 is 14.7 Å². The van der Waals surface area contributed by atoms with Gasteiger partial charge >= 0.3 is 6.03 Å². The molecule has 1 heterocycles. The number of imide groups is 1. The number of rotatable bonds is 1. The maximum Gasteiger partial charge on any atom is 0.328 e. The normalized spacial score (nSPS) is 18.1. The monoisotopic (exact) mass is 218 g/mol. The van der Waals surface area contributed by atoms with E-state index in [1.807, 2.05) is 0 Å². The standard InChI is InChI=1S/C11H10N2O3/c1-13-10(15)9(12-11(13)16)6-7-2-4-8(14)5-3-7/h2-6,14H,1H3,(H,12,16)/b9-6-. The van der Waals surface area contributed by atoms with E-state index >= 15 is 0 Å². The van der Waals surface area contributed by atoms with Crippen LogP contribution in [-0.2, 0) is 4.79 Å². The third-order valence-corrected chi connectivity index (χ3v) is 2.29. The van der Waals surface area contributed by atoms with E-state index in [0.29, 0.717) is 0 Å². The summed E-state index contributed by atoms with van der Waals surface area (Å²) in [6.45, 7) is 0. The van der Waals surface area contributed by atoms with E-state index in [1.54, 1.807) is 18.2 Å². The van der Waals surface area contributed by atoms with Crippen molar-refractivity contribution in [3.63, 3.8) is 0 Å². The Morgan fingerprint density at radius 3 is 2.38 bits per heavy atom. The second kappa shape index (κ2) is 3.69. The molecule has 1 saturated heterocycles. The van der Waals surface area contributed by atoms with E-state index in [1.165, 1.54) is 19.2 Å². The first-order chi connectivity index (χ1) is 7.58. The molecular weight excluding hydrogens is 208 g/mol. The molecule has 0 unspecified atom stereocenters. The van der Waals surface area contributed by atoms with Gasteiger partial charge in [0.15, 0.2) is 0 Å². The molecule has 1 aromatic rings. The summed E-state index contributed by atoms with van der Waals surface area (Å²) in [5.41, 5.74) is 0.968. The zero-order valence-corrected chi connectivity index (χ0v) is 8.60. The summed E-state index contributed by atoms with van der Waals surface area (Å²) in [6, 6.07) is 5.89. The lowest BCUT2D eigenvalue weighted by molar-refractivity contribution is -0.121. The zero-order chi connectivity index (χ0) is 11.7. The van der Waals surface area contributed by atoms with Gasteiger partial charge in [-0.3, -0.25) is 9.69 Å². The smallest absolute Gasteiger partial charge is 0.328 e. The van der Waals surface area contributed by atoms with E-state index in [9.17, 15) is 9.59 Å². The molecular formula is C11H10N2O3. The first-order valence-electron chi connectivity index (χ1n) is 4.67. The van der Waals surface area contributed by atoms with Gasteiger partial charge in [-0.05, 0) is 23.8 Å². The maximum absolute atomic E-state index is 11.5. The Bertz CT molecular complexity index is 477. The van der Waals surface area contributed by atoms with Gasteiger partial charge in [-0.25, -0.2) is 4.79 Å². The number of urea groups is 1. The van der Waals surface area contributed by atoms with Gasteiger partial charge in [0.25, 0.3) is 5.91 Å². The third-order valence-electron chi connectivity index (χ3n) is 2.29. The summed E-state index contributed by atoms with van der Waals surface area (Å²) in [5.74, 6) is -0.209. The highest BCUT2D eigenvalue weighted by Gasteiger charge is 2.29. The molecule has 5 heteroatoms.